The fourth-order valence-corrected chi connectivity index (χ4v) is 3.53. The molecule has 1 aliphatic rings. The first-order valence-electron chi connectivity index (χ1n) is 7.65. The first-order valence-corrected chi connectivity index (χ1v) is 7.65. The Morgan fingerprint density at radius 3 is 2.27 bits per heavy atom. The van der Waals surface area contributed by atoms with E-state index in [1.165, 1.54) is 5.56 Å². The Kier molecular flexibility index (Phi) is 4.13. The van der Waals surface area contributed by atoms with Gasteiger partial charge in [-0.1, -0.05) is 38.9 Å². The number of rotatable bonds is 2. The van der Waals surface area contributed by atoms with Crippen molar-refractivity contribution in [3.05, 3.63) is 33.9 Å². The van der Waals surface area contributed by atoms with Gasteiger partial charge >= 0.3 is 0 Å². The van der Waals surface area contributed by atoms with Gasteiger partial charge in [0.15, 0.2) is 6.29 Å². The van der Waals surface area contributed by atoms with Gasteiger partial charge in [-0.2, -0.15) is 0 Å². The fraction of sp³-hybridized carbons (Fsp3) is 0.611. The molecule has 4 nitrogen and oxygen atoms in total. The van der Waals surface area contributed by atoms with Crippen LogP contribution < -0.4 is 0 Å². The number of oxime groups is 1. The Morgan fingerprint density at radius 2 is 1.77 bits per heavy atom. The molecule has 1 aliphatic carbocycles. The number of aryl methyl sites for hydroxylation is 1. The van der Waals surface area contributed by atoms with Crippen molar-refractivity contribution in [2.45, 2.75) is 54.3 Å². The van der Waals surface area contributed by atoms with Crippen LogP contribution in [0.5, 0.6) is 0 Å². The molecule has 22 heavy (non-hydrogen) atoms. The minimum Gasteiger partial charge on any atom is -0.399 e. The van der Waals surface area contributed by atoms with Crippen LogP contribution in [-0.4, -0.2) is 23.0 Å². The highest BCUT2D eigenvalue weighted by Gasteiger charge is 2.47. The third-order valence-electron chi connectivity index (χ3n) is 5.51. The lowest BCUT2D eigenvalue weighted by molar-refractivity contribution is -0.0434. The third kappa shape index (κ3) is 2.34. The number of aliphatic hydroxyl groups excluding tert-OH is 1. The van der Waals surface area contributed by atoms with Crippen LogP contribution in [0.3, 0.4) is 0 Å². The highest BCUT2D eigenvalue weighted by Crippen LogP contribution is 2.50. The van der Waals surface area contributed by atoms with Crippen LogP contribution in [-0.2, 0) is 11.3 Å². The predicted octanol–water partition coefficient (Wildman–Crippen LogP) is 3.25. The Hall–Kier alpha value is -1.39. The molecule has 2 rings (SSSR count). The summed E-state index contributed by atoms with van der Waals surface area (Å²) in [5.74, 6) is 0. The molecule has 0 aromatic heterocycles. The van der Waals surface area contributed by atoms with Crippen LogP contribution in [0.15, 0.2) is 11.2 Å². The molecule has 4 heteroatoms. The number of hydrogen-bond acceptors (Lipinski definition) is 4. The van der Waals surface area contributed by atoms with Crippen LogP contribution in [0.25, 0.3) is 0 Å². The summed E-state index contributed by atoms with van der Waals surface area (Å²) in [5, 5.41) is 23.8. The summed E-state index contributed by atoms with van der Waals surface area (Å²) in [6.07, 6.45) is -0.561. The molecule has 0 amide bonds. The molecular formula is C18H27NO3. The van der Waals surface area contributed by atoms with Crippen molar-refractivity contribution in [1.82, 2.24) is 0 Å². The second-order valence-electron chi connectivity index (χ2n) is 7.45. The zero-order valence-corrected chi connectivity index (χ0v) is 14.6. The van der Waals surface area contributed by atoms with Crippen LogP contribution >= 0.6 is 0 Å². The average Bonchev–Trinajstić information content (AvgIpc) is 2.34. The Balaban J connectivity index is 2.84. The molecule has 0 bridgehead atoms. The van der Waals surface area contributed by atoms with Crippen molar-refractivity contribution < 1.29 is 15.1 Å². The predicted molar refractivity (Wildman–Crippen MR) is 87.9 cm³/mol. The summed E-state index contributed by atoms with van der Waals surface area (Å²) in [6, 6.07) is 2.05. The van der Waals surface area contributed by atoms with E-state index in [4.69, 9.17) is 4.84 Å². The van der Waals surface area contributed by atoms with Gasteiger partial charge in [-0.25, -0.2) is 0 Å². The molecule has 0 aliphatic heterocycles. The molecule has 0 heterocycles. The smallest absolute Gasteiger partial charge is 0.178 e. The van der Waals surface area contributed by atoms with Crippen molar-refractivity contribution in [3.63, 3.8) is 0 Å². The first kappa shape index (κ1) is 17.0. The lowest BCUT2D eigenvalue weighted by Crippen LogP contribution is -2.46. The van der Waals surface area contributed by atoms with E-state index < -0.39 is 6.29 Å². The summed E-state index contributed by atoms with van der Waals surface area (Å²) in [5.41, 5.74) is 5.25. The van der Waals surface area contributed by atoms with Gasteiger partial charge < -0.3 is 15.1 Å². The van der Waals surface area contributed by atoms with Gasteiger partial charge in [0, 0.05) is 16.5 Å². The van der Waals surface area contributed by atoms with Crippen LogP contribution in [0.4, 0.5) is 0 Å². The molecular weight excluding hydrogens is 278 g/mol. The maximum atomic E-state index is 9.72. The minimum atomic E-state index is -1.48. The summed E-state index contributed by atoms with van der Waals surface area (Å²) < 4.78 is 0. The van der Waals surface area contributed by atoms with Gasteiger partial charge in [0.1, 0.15) is 7.11 Å². The second-order valence-corrected chi connectivity index (χ2v) is 7.45. The Bertz CT molecular complexity index is 628. The normalized spacial score (nSPS) is 21.1. The van der Waals surface area contributed by atoms with E-state index in [9.17, 15) is 10.2 Å². The summed E-state index contributed by atoms with van der Waals surface area (Å²) >= 11 is 0. The van der Waals surface area contributed by atoms with Gasteiger partial charge in [0.25, 0.3) is 0 Å². The molecule has 0 saturated heterocycles. The lowest BCUT2D eigenvalue weighted by Gasteiger charge is -2.47. The zero-order valence-electron chi connectivity index (χ0n) is 14.6. The quantitative estimate of drug-likeness (QED) is 0.651. The lowest BCUT2D eigenvalue weighted by atomic mass is 9.56. The van der Waals surface area contributed by atoms with Crippen molar-refractivity contribution >= 4 is 5.71 Å². The van der Waals surface area contributed by atoms with Crippen LogP contribution in [0.1, 0.15) is 61.8 Å². The molecule has 1 aromatic carbocycles. The largest absolute Gasteiger partial charge is 0.399 e. The summed E-state index contributed by atoms with van der Waals surface area (Å²) in [7, 11) is 1.55. The Labute approximate surface area is 132 Å². The van der Waals surface area contributed by atoms with E-state index in [1.807, 2.05) is 13.8 Å². The molecule has 0 atom stereocenters. The van der Waals surface area contributed by atoms with Crippen molar-refractivity contribution in [2.75, 3.05) is 7.11 Å². The Morgan fingerprint density at radius 1 is 1.18 bits per heavy atom. The minimum absolute atomic E-state index is 0.0234. The average molecular weight is 305 g/mol. The maximum Gasteiger partial charge on any atom is 0.178 e. The third-order valence-corrected chi connectivity index (χ3v) is 5.51. The highest BCUT2D eigenvalue weighted by molar-refractivity contribution is 6.08. The van der Waals surface area contributed by atoms with Gasteiger partial charge in [-0.3, -0.25) is 0 Å². The number of nitrogens with zero attached hydrogens (tertiary/aromatic N) is 1. The van der Waals surface area contributed by atoms with Crippen LogP contribution in [0.2, 0.25) is 0 Å². The van der Waals surface area contributed by atoms with Gasteiger partial charge in [0.2, 0.25) is 0 Å². The molecule has 2 N–H and O–H groups in total. The standard InChI is InChI=1S/C18H27NO3/c1-10-8-12-9-17(3,4)18(5,6)15(19-22-7)14(12)11(2)13(10)16(20)21/h8,16,20-21H,9H2,1-7H3/b19-15+. The van der Waals surface area contributed by atoms with E-state index in [-0.39, 0.29) is 10.8 Å². The SMILES string of the molecule is CO/N=C1\c2c(cc(C)c(C(O)O)c2C)CC(C)(C)C1(C)C. The number of benzene rings is 1. The van der Waals surface area contributed by atoms with E-state index in [0.717, 1.165) is 28.8 Å². The first-order chi connectivity index (χ1) is 10.0. The number of fused-ring (bicyclic) bond motifs is 1. The second kappa shape index (κ2) is 5.36. The monoisotopic (exact) mass is 305 g/mol. The van der Waals surface area contributed by atoms with Crippen molar-refractivity contribution in [3.8, 4) is 0 Å². The van der Waals surface area contributed by atoms with E-state index in [0.29, 0.717) is 5.56 Å². The van der Waals surface area contributed by atoms with E-state index in [1.54, 1.807) is 7.11 Å². The van der Waals surface area contributed by atoms with E-state index in [2.05, 4.69) is 38.9 Å². The topological polar surface area (TPSA) is 62.0 Å². The summed E-state index contributed by atoms with van der Waals surface area (Å²) in [4.78, 5) is 5.12. The molecule has 1 aromatic rings. The number of aliphatic hydroxyl groups is 2. The number of hydrogen-bond donors (Lipinski definition) is 2. The van der Waals surface area contributed by atoms with Crippen molar-refractivity contribution in [1.29, 1.82) is 0 Å². The zero-order chi connectivity index (χ0) is 16.9. The molecule has 122 valence electrons. The summed E-state index contributed by atoms with van der Waals surface area (Å²) in [6.45, 7) is 12.7. The fourth-order valence-electron chi connectivity index (χ4n) is 3.53. The van der Waals surface area contributed by atoms with Gasteiger partial charge in [-0.05, 0) is 42.4 Å². The maximum absolute atomic E-state index is 9.72. The van der Waals surface area contributed by atoms with E-state index >= 15 is 0 Å². The van der Waals surface area contributed by atoms with Gasteiger partial charge in [0.05, 0.1) is 5.71 Å². The van der Waals surface area contributed by atoms with Gasteiger partial charge in [-0.15, -0.1) is 0 Å². The molecule has 0 radical (unpaired) electrons. The highest BCUT2D eigenvalue weighted by atomic mass is 16.6. The van der Waals surface area contributed by atoms with Crippen molar-refractivity contribution in [2.24, 2.45) is 16.0 Å². The van der Waals surface area contributed by atoms with Crippen LogP contribution in [0, 0.1) is 24.7 Å². The molecule has 0 fully saturated rings. The molecule has 0 saturated carbocycles. The molecule has 0 spiro atoms. The molecule has 0 unspecified atom stereocenters.